The molecule has 0 saturated heterocycles. The van der Waals surface area contributed by atoms with Crippen LogP contribution in [0.25, 0.3) is 0 Å². The maximum atomic E-state index is 13.1. The van der Waals surface area contributed by atoms with E-state index >= 15 is 0 Å². The first-order valence-corrected chi connectivity index (χ1v) is 11.7. The van der Waals surface area contributed by atoms with Gasteiger partial charge in [0.15, 0.2) is 4.21 Å². The Labute approximate surface area is 174 Å². The lowest BCUT2D eigenvalue weighted by atomic mass is 10.0. The molecule has 29 heavy (non-hydrogen) atoms. The molecule has 0 radical (unpaired) electrons. The van der Waals surface area contributed by atoms with E-state index in [4.69, 9.17) is 4.74 Å². The highest BCUT2D eigenvalue weighted by Crippen LogP contribution is 2.37. The molecule has 1 N–H and O–H groups in total. The normalized spacial score (nSPS) is 13.7. The maximum Gasteiger partial charge on any atom is 0.340 e. The second kappa shape index (κ2) is 8.54. The zero-order valence-electron chi connectivity index (χ0n) is 16.6. The van der Waals surface area contributed by atoms with Crippen molar-refractivity contribution in [1.82, 2.24) is 4.90 Å². The molecule has 0 spiro atoms. The fraction of sp³-hybridized carbons (Fsp3) is 0.400. The Hall–Kier alpha value is -2.39. The van der Waals surface area contributed by atoms with Gasteiger partial charge in [-0.3, -0.25) is 9.52 Å². The smallest absolute Gasteiger partial charge is 0.340 e. The minimum atomic E-state index is -3.99. The number of sulfonamides is 1. The number of anilines is 1. The SMILES string of the molecule is CCCC(=O)N1CCc2c(sc(S(=O)(=O)Nc3ccc(C)cc3)c2C(=O)OC)C1. The molecule has 3 rings (SSSR count). The van der Waals surface area contributed by atoms with E-state index in [0.29, 0.717) is 42.1 Å². The number of ether oxygens (including phenoxy) is 1. The van der Waals surface area contributed by atoms with E-state index in [1.807, 2.05) is 13.8 Å². The molecule has 0 fully saturated rings. The van der Waals surface area contributed by atoms with E-state index in [1.54, 1.807) is 29.2 Å². The number of thiophene rings is 1. The number of benzene rings is 1. The molecular formula is C20H24N2O5S2. The van der Waals surface area contributed by atoms with E-state index in [1.165, 1.54) is 7.11 Å². The number of aryl methyl sites for hydroxylation is 1. The Kier molecular flexibility index (Phi) is 6.28. The monoisotopic (exact) mass is 436 g/mol. The van der Waals surface area contributed by atoms with Gasteiger partial charge in [-0.25, -0.2) is 13.2 Å². The van der Waals surface area contributed by atoms with E-state index in [2.05, 4.69) is 4.72 Å². The summed E-state index contributed by atoms with van der Waals surface area (Å²) in [6.45, 7) is 4.61. The van der Waals surface area contributed by atoms with E-state index < -0.39 is 16.0 Å². The van der Waals surface area contributed by atoms with Crippen LogP contribution in [-0.4, -0.2) is 38.8 Å². The fourth-order valence-corrected chi connectivity index (χ4v) is 6.24. The molecule has 0 unspecified atom stereocenters. The third-order valence-electron chi connectivity index (χ3n) is 4.78. The number of rotatable bonds is 6. The second-order valence-electron chi connectivity index (χ2n) is 6.94. The Bertz CT molecular complexity index is 1030. The summed E-state index contributed by atoms with van der Waals surface area (Å²) in [4.78, 5) is 27.1. The van der Waals surface area contributed by atoms with Crippen LogP contribution >= 0.6 is 11.3 Å². The Morgan fingerprint density at radius 1 is 1.24 bits per heavy atom. The summed E-state index contributed by atoms with van der Waals surface area (Å²) in [5.41, 5.74) is 2.16. The van der Waals surface area contributed by atoms with Crippen molar-refractivity contribution in [2.24, 2.45) is 0 Å². The number of hydrogen-bond donors (Lipinski definition) is 1. The van der Waals surface area contributed by atoms with Gasteiger partial charge in [-0.1, -0.05) is 24.6 Å². The lowest BCUT2D eigenvalue weighted by Crippen LogP contribution is -2.35. The summed E-state index contributed by atoms with van der Waals surface area (Å²) >= 11 is 1.03. The number of carbonyl (C=O) groups is 2. The summed E-state index contributed by atoms with van der Waals surface area (Å²) in [5.74, 6) is -0.645. The molecule has 1 aliphatic rings. The number of fused-ring (bicyclic) bond motifs is 1. The van der Waals surface area contributed by atoms with Gasteiger partial charge in [-0.05, 0) is 37.5 Å². The number of esters is 1. The largest absolute Gasteiger partial charge is 0.465 e. The predicted molar refractivity (Wildman–Crippen MR) is 112 cm³/mol. The zero-order valence-corrected chi connectivity index (χ0v) is 18.3. The molecule has 0 aliphatic carbocycles. The van der Waals surface area contributed by atoms with Crippen LogP contribution in [0.3, 0.4) is 0 Å². The van der Waals surface area contributed by atoms with Crippen molar-refractivity contribution in [2.75, 3.05) is 18.4 Å². The molecule has 0 atom stereocenters. The molecule has 7 nitrogen and oxygen atoms in total. The van der Waals surface area contributed by atoms with Gasteiger partial charge in [0.1, 0.15) is 0 Å². The lowest BCUT2D eigenvalue weighted by Gasteiger charge is -2.27. The van der Waals surface area contributed by atoms with Crippen LogP contribution in [0.15, 0.2) is 28.5 Å². The van der Waals surface area contributed by atoms with Gasteiger partial charge in [-0.2, -0.15) is 0 Å². The molecule has 0 bridgehead atoms. The molecule has 1 aromatic carbocycles. The van der Waals surface area contributed by atoms with Crippen LogP contribution in [0.2, 0.25) is 0 Å². The molecule has 9 heteroatoms. The summed E-state index contributed by atoms with van der Waals surface area (Å²) in [6, 6.07) is 6.94. The molecule has 1 amide bonds. The minimum Gasteiger partial charge on any atom is -0.465 e. The number of methoxy groups -OCH3 is 1. The topological polar surface area (TPSA) is 92.8 Å². The molecule has 0 saturated carbocycles. The maximum absolute atomic E-state index is 13.1. The highest BCUT2D eigenvalue weighted by molar-refractivity contribution is 7.94. The highest BCUT2D eigenvalue weighted by Gasteiger charge is 2.34. The van der Waals surface area contributed by atoms with Crippen molar-refractivity contribution < 1.29 is 22.7 Å². The summed E-state index contributed by atoms with van der Waals surface area (Å²) in [7, 11) is -2.76. The first-order valence-electron chi connectivity index (χ1n) is 9.37. The van der Waals surface area contributed by atoms with E-state index in [0.717, 1.165) is 23.3 Å². The van der Waals surface area contributed by atoms with Crippen LogP contribution in [0.5, 0.6) is 0 Å². The van der Waals surface area contributed by atoms with Crippen LogP contribution in [0.1, 0.15) is 46.1 Å². The first kappa shape index (κ1) is 21.3. The van der Waals surface area contributed by atoms with Crippen molar-refractivity contribution in [1.29, 1.82) is 0 Å². The highest BCUT2D eigenvalue weighted by atomic mass is 32.2. The van der Waals surface area contributed by atoms with Crippen molar-refractivity contribution in [2.45, 2.75) is 43.9 Å². The first-order chi connectivity index (χ1) is 13.8. The zero-order chi connectivity index (χ0) is 21.2. The number of carbonyl (C=O) groups excluding carboxylic acids is 2. The van der Waals surface area contributed by atoms with Gasteiger partial charge in [0.05, 0.1) is 19.2 Å². The van der Waals surface area contributed by atoms with Gasteiger partial charge in [0, 0.05) is 23.5 Å². The van der Waals surface area contributed by atoms with Crippen molar-refractivity contribution in [3.63, 3.8) is 0 Å². The Morgan fingerprint density at radius 3 is 2.55 bits per heavy atom. The van der Waals surface area contributed by atoms with Crippen LogP contribution in [-0.2, 0) is 32.5 Å². The Morgan fingerprint density at radius 2 is 1.93 bits per heavy atom. The molecule has 1 aromatic heterocycles. The number of hydrogen-bond acceptors (Lipinski definition) is 6. The van der Waals surface area contributed by atoms with Crippen LogP contribution in [0.4, 0.5) is 5.69 Å². The Balaban J connectivity index is 1.99. The second-order valence-corrected chi connectivity index (χ2v) is 9.93. The third-order valence-corrected chi connectivity index (χ3v) is 7.89. The average Bonchev–Trinajstić information content (AvgIpc) is 3.09. The van der Waals surface area contributed by atoms with Gasteiger partial charge in [0.25, 0.3) is 10.0 Å². The van der Waals surface area contributed by atoms with Gasteiger partial charge in [0.2, 0.25) is 5.91 Å². The molecule has 2 aromatic rings. The lowest BCUT2D eigenvalue weighted by molar-refractivity contribution is -0.132. The van der Waals surface area contributed by atoms with Gasteiger partial charge in [-0.15, -0.1) is 11.3 Å². The van der Waals surface area contributed by atoms with Crippen molar-refractivity contribution >= 4 is 38.9 Å². The number of amides is 1. The van der Waals surface area contributed by atoms with Gasteiger partial charge >= 0.3 is 5.97 Å². The summed E-state index contributed by atoms with van der Waals surface area (Å²) in [5, 5.41) is 0. The standard InChI is InChI=1S/C20H24N2O5S2/c1-4-5-17(23)22-11-10-15-16(12-22)28-20(18(15)19(24)27-3)29(25,26)21-14-8-6-13(2)7-9-14/h6-9,21H,4-5,10-12H2,1-3H3. The van der Waals surface area contributed by atoms with Crippen LogP contribution in [0, 0.1) is 6.92 Å². The quantitative estimate of drug-likeness (QED) is 0.701. The molecule has 1 aliphatic heterocycles. The minimum absolute atomic E-state index is 0.0355. The molecular weight excluding hydrogens is 412 g/mol. The average molecular weight is 437 g/mol. The van der Waals surface area contributed by atoms with E-state index in [9.17, 15) is 18.0 Å². The van der Waals surface area contributed by atoms with Crippen LogP contribution < -0.4 is 4.72 Å². The third kappa shape index (κ3) is 4.45. The van der Waals surface area contributed by atoms with Crippen molar-refractivity contribution in [3.8, 4) is 0 Å². The fourth-order valence-electron chi connectivity index (χ4n) is 3.28. The summed E-state index contributed by atoms with van der Waals surface area (Å²) in [6.07, 6.45) is 1.62. The molecule has 2 heterocycles. The summed E-state index contributed by atoms with van der Waals surface area (Å²) < 4.78 is 33.5. The number of nitrogens with one attached hydrogen (secondary N) is 1. The van der Waals surface area contributed by atoms with E-state index in [-0.39, 0.29) is 15.7 Å². The van der Waals surface area contributed by atoms with Gasteiger partial charge < -0.3 is 9.64 Å². The van der Waals surface area contributed by atoms with Crippen molar-refractivity contribution in [3.05, 3.63) is 45.8 Å². The molecule has 156 valence electrons. The number of nitrogens with zero attached hydrogens (tertiary/aromatic N) is 1. The predicted octanol–water partition coefficient (Wildman–Crippen LogP) is 3.33.